The number of benzene rings is 2. The Morgan fingerprint density at radius 3 is 2.55 bits per heavy atom. The summed E-state index contributed by atoms with van der Waals surface area (Å²) in [7, 11) is 1.92. The lowest BCUT2D eigenvalue weighted by atomic mass is 10.1. The summed E-state index contributed by atoms with van der Waals surface area (Å²) in [4.78, 5) is 9.28. The number of ether oxygens (including phenoxy) is 1. The fourth-order valence-corrected chi connectivity index (χ4v) is 5.14. The number of fused-ring (bicyclic) bond motifs is 1. The van der Waals surface area contributed by atoms with Crippen molar-refractivity contribution in [3.05, 3.63) is 66.4 Å². The van der Waals surface area contributed by atoms with Crippen molar-refractivity contribution in [2.24, 2.45) is 0 Å². The Hall–Kier alpha value is -3.67. The molecule has 0 aliphatic carbocycles. The molecule has 3 heterocycles. The Balaban J connectivity index is 1.42. The van der Waals surface area contributed by atoms with Gasteiger partial charge in [-0.3, -0.25) is 9.21 Å². The van der Waals surface area contributed by atoms with Gasteiger partial charge in [0.05, 0.1) is 42.1 Å². The maximum atomic E-state index is 12.3. The van der Waals surface area contributed by atoms with Crippen LogP contribution in [0.4, 0.5) is 17.3 Å². The molecule has 0 atom stereocenters. The summed E-state index contributed by atoms with van der Waals surface area (Å²) in [6.07, 6.45) is 2.92. The van der Waals surface area contributed by atoms with Gasteiger partial charge in [-0.25, -0.2) is 17.9 Å². The van der Waals surface area contributed by atoms with Crippen molar-refractivity contribution in [2.75, 3.05) is 63.3 Å². The third-order valence-corrected chi connectivity index (χ3v) is 8.12. The summed E-state index contributed by atoms with van der Waals surface area (Å²) in [6, 6.07) is 17.3. The molecular formula is C27H33N7O3S. The van der Waals surface area contributed by atoms with Gasteiger partial charge in [-0.2, -0.15) is 0 Å². The van der Waals surface area contributed by atoms with Crippen molar-refractivity contribution < 1.29 is 13.2 Å². The number of anilines is 3. The SMILES string of the molecule is COc1cc(CN2CCN(C)CC2)ccc1Nc1ncc2ccc(-c3ccccc3N(C)S(C)(=O)=O)n2n1. The molecule has 2 aromatic carbocycles. The number of aromatic nitrogens is 3. The molecule has 1 saturated heterocycles. The molecule has 4 aromatic rings. The lowest BCUT2D eigenvalue weighted by molar-refractivity contribution is 0.148. The molecule has 0 radical (unpaired) electrons. The molecule has 38 heavy (non-hydrogen) atoms. The molecule has 0 spiro atoms. The van der Waals surface area contributed by atoms with Crippen LogP contribution < -0.4 is 14.4 Å². The van der Waals surface area contributed by atoms with Crippen LogP contribution in [0.25, 0.3) is 16.8 Å². The molecule has 10 nitrogen and oxygen atoms in total. The molecule has 0 saturated carbocycles. The zero-order valence-electron chi connectivity index (χ0n) is 22.1. The van der Waals surface area contributed by atoms with Crippen LogP contribution in [-0.2, 0) is 16.6 Å². The number of rotatable bonds is 8. The number of nitrogens with zero attached hydrogens (tertiary/aromatic N) is 6. The fraction of sp³-hybridized carbons (Fsp3) is 0.333. The van der Waals surface area contributed by atoms with Gasteiger partial charge in [-0.05, 0) is 42.9 Å². The van der Waals surface area contributed by atoms with E-state index in [1.54, 1.807) is 30.9 Å². The molecule has 2 aromatic heterocycles. The van der Waals surface area contributed by atoms with Gasteiger partial charge in [-0.1, -0.05) is 24.3 Å². The molecule has 11 heteroatoms. The Labute approximate surface area is 223 Å². The van der Waals surface area contributed by atoms with Crippen molar-refractivity contribution in [3.63, 3.8) is 0 Å². The van der Waals surface area contributed by atoms with Gasteiger partial charge in [0.2, 0.25) is 16.0 Å². The van der Waals surface area contributed by atoms with E-state index in [2.05, 4.69) is 39.3 Å². The van der Waals surface area contributed by atoms with Crippen LogP contribution in [-0.4, -0.2) is 86.5 Å². The van der Waals surface area contributed by atoms with Gasteiger partial charge in [0, 0.05) is 45.3 Å². The topological polar surface area (TPSA) is 95.3 Å². The number of piperazine rings is 1. The highest BCUT2D eigenvalue weighted by Crippen LogP contribution is 2.33. The molecule has 1 fully saturated rings. The number of hydrogen-bond donors (Lipinski definition) is 1. The molecule has 1 aliphatic rings. The van der Waals surface area contributed by atoms with E-state index >= 15 is 0 Å². The highest BCUT2D eigenvalue weighted by atomic mass is 32.2. The van der Waals surface area contributed by atoms with Crippen LogP contribution >= 0.6 is 0 Å². The van der Waals surface area contributed by atoms with E-state index in [0.29, 0.717) is 17.4 Å². The van der Waals surface area contributed by atoms with Crippen LogP contribution in [0.5, 0.6) is 5.75 Å². The minimum absolute atomic E-state index is 0.397. The number of hydrogen-bond acceptors (Lipinski definition) is 8. The first-order valence-corrected chi connectivity index (χ1v) is 14.3. The quantitative estimate of drug-likeness (QED) is 0.367. The van der Waals surface area contributed by atoms with Crippen molar-refractivity contribution in [1.82, 2.24) is 24.4 Å². The summed E-state index contributed by atoms with van der Waals surface area (Å²) in [5, 5.41) is 8.01. The third-order valence-electron chi connectivity index (χ3n) is 6.93. The normalized spacial score (nSPS) is 15.1. The minimum atomic E-state index is -3.43. The molecule has 1 N–H and O–H groups in total. The molecule has 0 unspecified atom stereocenters. The smallest absolute Gasteiger partial charge is 0.245 e. The number of para-hydroxylation sites is 1. The standard InChI is InChI=1S/C27H33N7O3S/c1-31-13-15-33(16-14-31)19-20-9-11-23(26(17-20)37-3)29-27-28-18-21-10-12-25(34(21)30-27)22-7-5-6-8-24(22)32(2)38(4,35)36/h5-12,17-18H,13-16,19H2,1-4H3,(H,29,30). The van der Waals surface area contributed by atoms with Crippen molar-refractivity contribution in [1.29, 1.82) is 0 Å². The molecular weight excluding hydrogens is 502 g/mol. The van der Waals surface area contributed by atoms with Crippen LogP contribution in [0.1, 0.15) is 5.56 Å². The average molecular weight is 536 g/mol. The van der Waals surface area contributed by atoms with Gasteiger partial charge in [0.25, 0.3) is 0 Å². The Morgan fingerprint density at radius 1 is 1.05 bits per heavy atom. The van der Waals surface area contributed by atoms with Crippen molar-refractivity contribution in [3.8, 4) is 17.0 Å². The van der Waals surface area contributed by atoms with E-state index in [9.17, 15) is 8.42 Å². The Morgan fingerprint density at radius 2 is 1.82 bits per heavy atom. The van der Waals surface area contributed by atoms with Crippen LogP contribution in [0.2, 0.25) is 0 Å². The molecule has 0 bridgehead atoms. The summed E-state index contributed by atoms with van der Waals surface area (Å²) < 4.78 is 33.2. The minimum Gasteiger partial charge on any atom is -0.495 e. The Bertz CT molecular complexity index is 1550. The zero-order valence-corrected chi connectivity index (χ0v) is 22.9. The van der Waals surface area contributed by atoms with Crippen molar-refractivity contribution in [2.45, 2.75) is 6.54 Å². The predicted octanol–water partition coefficient (Wildman–Crippen LogP) is 3.29. The molecule has 1 aliphatic heterocycles. The van der Waals surface area contributed by atoms with Crippen LogP contribution in [0, 0.1) is 0 Å². The largest absolute Gasteiger partial charge is 0.495 e. The lowest BCUT2D eigenvalue weighted by Crippen LogP contribution is -2.43. The second-order valence-corrected chi connectivity index (χ2v) is 11.6. The maximum Gasteiger partial charge on any atom is 0.245 e. The van der Waals surface area contributed by atoms with E-state index < -0.39 is 10.0 Å². The highest BCUT2D eigenvalue weighted by molar-refractivity contribution is 7.92. The van der Waals surface area contributed by atoms with E-state index in [4.69, 9.17) is 9.84 Å². The number of nitrogens with one attached hydrogen (secondary N) is 1. The highest BCUT2D eigenvalue weighted by Gasteiger charge is 2.19. The molecule has 0 amide bonds. The molecule has 200 valence electrons. The predicted molar refractivity (Wildman–Crippen MR) is 151 cm³/mol. The first-order chi connectivity index (χ1) is 18.2. The van der Waals surface area contributed by atoms with E-state index in [1.165, 1.54) is 16.1 Å². The number of likely N-dealkylation sites (N-methyl/N-ethyl adjacent to an activating group) is 1. The first-order valence-electron chi connectivity index (χ1n) is 12.5. The first kappa shape index (κ1) is 26.0. The van der Waals surface area contributed by atoms with E-state index in [-0.39, 0.29) is 0 Å². The van der Waals surface area contributed by atoms with Gasteiger partial charge >= 0.3 is 0 Å². The monoisotopic (exact) mass is 535 g/mol. The van der Waals surface area contributed by atoms with Crippen LogP contribution in [0.15, 0.2) is 60.8 Å². The third kappa shape index (κ3) is 5.45. The summed E-state index contributed by atoms with van der Waals surface area (Å²) >= 11 is 0. The lowest BCUT2D eigenvalue weighted by Gasteiger charge is -2.32. The number of sulfonamides is 1. The summed E-state index contributed by atoms with van der Waals surface area (Å²) in [5.41, 5.74) is 4.81. The van der Waals surface area contributed by atoms with E-state index in [1.807, 2.05) is 36.4 Å². The van der Waals surface area contributed by atoms with Crippen LogP contribution in [0.3, 0.4) is 0 Å². The number of methoxy groups -OCH3 is 1. The Kier molecular flexibility index (Phi) is 7.24. The maximum absolute atomic E-state index is 12.3. The fourth-order valence-electron chi connectivity index (χ4n) is 4.63. The van der Waals surface area contributed by atoms with Crippen molar-refractivity contribution >= 4 is 32.9 Å². The molecule has 5 rings (SSSR count). The average Bonchev–Trinajstić information content (AvgIpc) is 3.33. The second-order valence-electron chi connectivity index (χ2n) is 9.62. The second kappa shape index (κ2) is 10.6. The van der Waals surface area contributed by atoms with Gasteiger partial charge < -0.3 is 15.0 Å². The van der Waals surface area contributed by atoms with E-state index in [0.717, 1.165) is 55.2 Å². The van der Waals surface area contributed by atoms with Gasteiger partial charge in [0.15, 0.2) is 0 Å². The zero-order chi connectivity index (χ0) is 26.9. The van der Waals surface area contributed by atoms with Gasteiger partial charge in [0.1, 0.15) is 5.75 Å². The summed E-state index contributed by atoms with van der Waals surface area (Å²) in [6.45, 7) is 5.13. The summed E-state index contributed by atoms with van der Waals surface area (Å²) in [5.74, 6) is 1.11. The van der Waals surface area contributed by atoms with Gasteiger partial charge in [-0.15, -0.1) is 5.10 Å².